The number of amides is 1. The number of anilines is 1. The zero-order valence-corrected chi connectivity index (χ0v) is 25.0. The van der Waals surface area contributed by atoms with Crippen molar-refractivity contribution in [1.29, 1.82) is 0 Å². The summed E-state index contributed by atoms with van der Waals surface area (Å²) in [5.41, 5.74) is 2.29. The largest absolute Gasteiger partial charge is 0.459 e. The first-order chi connectivity index (χ1) is 18.8. The first-order valence-electron chi connectivity index (χ1n) is 14.9. The van der Waals surface area contributed by atoms with Crippen molar-refractivity contribution in [2.75, 3.05) is 29.7 Å². The molecule has 1 saturated heterocycles. The number of fused-ring (bicyclic) bond motifs is 5. The fourth-order valence-corrected chi connectivity index (χ4v) is 9.18. The third-order valence-corrected chi connectivity index (χ3v) is 11.1. The Morgan fingerprint density at radius 1 is 1.08 bits per heavy atom. The van der Waals surface area contributed by atoms with Crippen molar-refractivity contribution < 1.29 is 14.3 Å². The summed E-state index contributed by atoms with van der Waals surface area (Å²) < 4.78 is 5.99. The molecule has 0 unspecified atom stereocenters. The van der Waals surface area contributed by atoms with Gasteiger partial charge in [-0.05, 0) is 111 Å². The Hall–Kier alpha value is -1.72. The summed E-state index contributed by atoms with van der Waals surface area (Å²) in [7, 11) is 0. The first kappa shape index (κ1) is 28.8. The summed E-state index contributed by atoms with van der Waals surface area (Å²) in [4.78, 5) is 27.1. The van der Waals surface area contributed by atoms with E-state index in [-0.39, 0.29) is 23.5 Å². The number of nitrogens with one attached hydrogen (secondary N) is 1. The summed E-state index contributed by atoms with van der Waals surface area (Å²) >= 11 is 11.9. The zero-order chi connectivity index (χ0) is 27.6. The molecule has 7 heteroatoms. The third kappa shape index (κ3) is 6.00. The number of ether oxygens (including phenoxy) is 1. The number of carbonyl (C=O) groups is 2. The van der Waals surface area contributed by atoms with Crippen molar-refractivity contribution in [1.82, 2.24) is 5.32 Å². The van der Waals surface area contributed by atoms with E-state index in [2.05, 4.69) is 30.1 Å². The van der Waals surface area contributed by atoms with Crippen molar-refractivity contribution in [2.45, 2.75) is 83.3 Å². The van der Waals surface area contributed by atoms with Crippen LogP contribution in [0.3, 0.4) is 0 Å². The summed E-state index contributed by atoms with van der Waals surface area (Å²) in [6.45, 7) is 6.25. The summed E-state index contributed by atoms with van der Waals surface area (Å²) in [5, 5.41) is 3.37. The Balaban J connectivity index is 1.18. The van der Waals surface area contributed by atoms with Gasteiger partial charge in [-0.1, -0.05) is 19.1 Å². The van der Waals surface area contributed by atoms with Gasteiger partial charge >= 0.3 is 5.97 Å². The molecule has 0 radical (unpaired) electrons. The van der Waals surface area contributed by atoms with Gasteiger partial charge in [0.15, 0.2) is 0 Å². The monoisotopic (exact) mass is 574 g/mol. The molecular formula is C32H44Cl2N2O3. The van der Waals surface area contributed by atoms with Crippen LogP contribution >= 0.6 is 23.2 Å². The third-order valence-electron chi connectivity index (χ3n) is 10.8. The quantitative estimate of drug-likeness (QED) is 0.210. The SMILES string of the molecule is C[C@]12CC[C@@H](OC(=O)/C=C/c3cccc(N(CCCl)CCCl)c3)C[C@@H]1CC[C@@H]1[C@@H]2CC[C@]2(C)NC(=O)CC[C@@H]12. The minimum atomic E-state index is -0.257. The number of carbonyl (C=O) groups excluding carboxylic acids is 2. The van der Waals surface area contributed by atoms with Gasteiger partial charge in [0.25, 0.3) is 0 Å². The highest BCUT2D eigenvalue weighted by Crippen LogP contribution is 2.62. The summed E-state index contributed by atoms with van der Waals surface area (Å²) in [5.74, 6) is 3.65. The van der Waals surface area contributed by atoms with E-state index in [9.17, 15) is 9.59 Å². The van der Waals surface area contributed by atoms with Crippen LogP contribution in [0.2, 0.25) is 0 Å². The van der Waals surface area contributed by atoms with Crippen LogP contribution in [0.5, 0.6) is 0 Å². The number of benzene rings is 1. The molecule has 0 bridgehead atoms. The van der Waals surface area contributed by atoms with Crippen LogP contribution in [0, 0.1) is 29.1 Å². The minimum Gasteiger partial charge on any atom is -0.459 e. The highest BCUT2D eigenvalue weighted by atomic mass is 35.5. The number of nitrogens with zero attached hydrogens (tertiary/aromatic N) is 1. The second-order valence-corrected chi connectivity index (χ2v) is 13.6. The van der Waals surface area contributed by atoms with E-state index in [1.165, 1.54) is 19.3 Å². The van der Waals surface area contributed by atoms with E-state index < -0.39 is 0 Å². The van der Waals surface area contributed by atoms with Crippen LogP contribution in [0.1, 0.15) is 77.2 Å². The molecule has 214 valence electrons. The number of hydrogen-bond acceptors (Lipinski definition) is 4. The highest BCUT2D eigenvalue weighted by Gasteiger charge is 2.58. The molecule has 5 nitrogen and oxygen atoms in total. The number of alkyl halides is 2. The van der Waals surface area contributed by atoms with Crippen molar-refractivity contribution in [3.63, 3.8) is 0 Å². The normalized spacial score (nSPS) is 35.9. The van der Waals surface area contributed by atoms with E-state index in [4.69, 9.17) is 27.9 Å². The molecule has 3 saturated carbocycles. The average molecular weight is 576 g/mol. The maximum absolute atomic E-state index is 12.8. The lowest BCUT2D eigenvalue weighted by Crippen LogP contribution is -2.63. The van der Waals surface area contributed by atoms with Crippen LogP contribution < -0.4 is 10.2 Å². The molecule has 1 N–H and O–H groups in total. The number of halogens is 2. The molecule has 1 aromatic rings. The fraction of sp³-hybridized carbons (Fsp3) is 0.688. The second-order valence-electron chi connectivity index (χ2n) is 12.8. The van der Waals surface area contributed by atoms with E-state index in [0.717, 1.165) is 56.4 Å². The topological polar surface area (TPSA) is 58.6 Å². The number of hydrogen-bond donors (Lipinski definition) is 1. The van der Waals surface area contributed by atoms with Gasteiger partial charge < -0.3 is 15.0 Å². The zero-order valence-electron chi connectivity index (χ0n) is 23.5. The molecule has 0 aromatic heterocycles. The summed E-state index contributed by atoms with van der Waals surface area (Å²) in [6.07, 6.45) is 12.9. The van der Waals surface area contributed by atoms with Crippen molar-refractivity contribution in [2.24, 2.45) is 29.1 Å². The van der Waals surface area contributed by atoms with Gasteiger partial charge in [-0.15, -0.1) is 23.2 Å². The predicted molar refractivity (Wildman–Crippen MR) is 159 cm³/mol. The van der Waals surface area contributed by atoms with E-state index in [0.29, 0.717) is 47.3 Å². The van der Waals surface area contributed by atoms with Gasteiger partial charge in [0.05, 0.1) is 0 Å². The molecule has 1 amide bonds. The van der Waals surface area contributed by atoms with Crippen molar-refractivity contribution in [3.05, 3.63) is 35.9 Å². The fourth-order valence-electron chi connectivity index (χ4n) is 8.77. The molecule has 7 atom stereocenters. The predicted octanol–water partition coefficient (Wildman–Crippen LogP) is 6.81. The van der Waals surface area contributed by atoms with Gasteiger partial charge in [-0.2, -0.15) is 0 Å². The Labute approximate surface area is 244 Å². The standard InChI is InChI=1S/C32H44Cl2N2O3/c1-31-14-12-25(39-30(38)11-6-22-4-3-5-24(20-22)36(18-16-33)19-17-34)21-23(31)7-8-26-27(31)13-15-32(2)28(26)9-10-29(37)35-32/h3-6,11,20,23,25-28H,7-10,12-19,21H2,1-2H3,(H,35,37)/b11-6+/t23-,25+,26+,27-,28-,31-,32-/m0/s1. The lowest BCUT2D eigenvalue weighted by atomic mass is 9.45. The molecule has 4 fully saturated rings. The Morgan fingerprint density at radius 2 is 1.87 bits per heavy atom. The molecular weight excluding hydrogens is 531 g/mol. The van der Waals surface area contributed by atoms with Crippen LogP contribution in [0.4, 0.5) is 5.69 Å². The number of rotatable bonds is 8. The Bertz CT molecular complexity index is 1070. The number of piperidine rings is 1. The summed E-state index contributed by atoms with van der Waals surface area (Å²) in [6, 6.07) is 8.08. The molecule has 39 heavy (non-hydrogen) atoms. The molecule has 0 spiro atoms. The van der Waals surface area contributed by atoms with Crippen molar-refractivity contribution >= 4 is 46.8 Å². The Morgan fingerprint density at radius 3 is 2.64 bits per heavy atom. The molecule has 1 aromatic carbocycles. The van der Waals surface area contributed by atoms with Gasteiger partial charge in [-0.3, -0.25) is 4.79 Å². The maximum Gasteiger partial charge on any atom is 0.331 e. The van der Waals surface area contributed by atoms with Crippen LogP contribution in [-0.2, 0) is 14.3 Å². The van der Waals surface area contributed by atoms with Crippen molar-refractivity contribution in [3.8, 4) is 0 Å². The molecule has 4 aliphatic rings. The molecule has 1 aliphatic heterocycles. The molecule has 5 rings (SSSR count). The first-order valence-corrected chi connectivity index (χ1v) is 16.0. The molecule has 3 aliphatic carbocycles. The van der Waals surface area contributed by atoms with E-state index in [1.54, 1.807) is 6.08 Å². The lowest BCUT2D eigenvalue weighted by molar-refractivity contribution is -0.158. The number of esters is 1. The smallest absolute Gasteiger partial charge is 0.331 e. The van der Waals surface area contributed by atoms with Gasteiger partial charge in [-0.25, -0.2) is 4.79 Å². The van der Waals surface area contributed by atoms with Gasteiger partial charge in [0.2, 0.25) is 5.91 Å². The van der Waals surface area contributed by atoms with Crippen LogP contribution in [0.15, 0.2) is 30.3 Å². The lowest BCUT2D eigenvalue weighted by Gasteiger charge is -2.62. The van der Waals surface area contributed by atoms with E-state index in [1.807, 2.05) is 24.3 Å². The average Bonchev–Trinajstić information content (AvgIpc) is 2.91. The maximum atomic E-state index is 12.8. The van der Waals surface area contributed by atoms with Gasteiger partial charge in [0, 0.05) is 48.6 Å². The molecule has 1 heterocycles. The van der Waals surface area contributed by atoms with Gasteiger partial charge in [0.1, 0.15) is 6.10 Å². The van der Waals surface area contributed by atoms with Crippen LogP contribution in [0.25, 0.3) is 6.08 Å². The minimum absolute atomic E-state index is 0.00568. The Kier molecular flexibility index (Phi) is 8.88. The van der Waals surface area contributed by atoms with E-state index >= 15 is 0 Å². The van der Waals surface area contributed by atoms with Crippen LogP contribution in [-0.4, -0.2) is 48.4 Å². The highest BCUT2D eigenvalue weighted by molar-refractivity contribution is 6.18. The second kappa shape index (κ2) is 12.0.